The van der Waals surface area contributed by atoms with Crippen molar-refractivity contribution in [2.45, 2.75) is 52.2 Å². The van der Waals surface area contributed by atoms with E-state index in [0.717, 1.165) is 47.7 Å². The molecule has 0 bridgehead atoms. The van der Waals surface area contributed by atoms with E-state index < -0.39 is 10.7 Å². The van der Waals surface area contributed by atoms with Crippen LogP contribution in [0.2, 0.25) is 0 Å². The number of fused-ring (bicyclic) bond motifs is 1. The van der Waals surface area contributed by atoms with Gasteiger partial charge in [0.25, 0.3) is 0 Å². The Morgan fingerprint density at radius 1 is 1.07 bits per heavy atom. The van der Waals surface area contributed by atoms with E-state index in [1.54, 1.807) is 17.0 Å². The number of likely N-dealkylation sites (N-methyl/N-ethyl adjacent to an activating group) is 1. The van der Waals surface area contributed by atoms with Crippen LogP contribution in [0.25, 0.3) is 5.69 Å². The number of aromatic nitrogens is 2. The second kappa shape index (κ2) is 11.6. The number of aryl methyl sites for hydroxylation is 2. The topological polar surface area (TPSA) is 61.7 Å². The Kier molecular flexibility index (Phi) is 8.30. The zero-order chi connectivity index (χ0) is 29.5. The van der Waals surface area contributed by atoms with Crippen LogP contribution < -0.4 is 4.90 Å². The lowest BCUT2D eigenvalue weighted by molar-refractivity contribution is -0.132. The number of carbonyl (C=O) groups excluding carboxylic acids is 2. The summed E-state index contributed by atoms with van der Waals surface area (Å²) >= 11 is 1.40. The van der Waals surface area contributed by atoms with Crippen LogP contribution in [0.4, 0.5) is 10.2 Å². The molecule has 1 fully saturated rings. The Hall–Kier alpha value is -3.17. The van der Waals surface area contributed by atoms with Crippen LogP contribution >= 0.6 is 11.8 Å². The van der Waals surface area contributed by atoms with Gasteiger partial charge in [-0.3, -0.25) is 14.5 Å². The van der Waals surface area contributed by atoms with Crippen molar-refractivity contribution in [3.8, 4) is 5.69 Å². The summed E-state index contributed by atoms with van der Waals surface area (Å²) in [5.74, 6) is 0.106. The molecule has 1 saturated heterocycles. The van der Waals surface area contributed by atoms with Crippen molar-refractivity contribution < 1.29 is 14.0 Å². The van der Waals surface area contributed by atoms with Gasteiger partial charge in [0.1, 0.15) is 18.2 Å². The van der Waals surface area contributed by atoms with Crippen LogP contribution in [0.3, 0.4) is 0 Å². The molecule has 9 heteroatoms. The van der Waals surface area contributed by atoms with Gasteiger partial charge in [0.05, 0.1) is 22.4 Å². The first-order valence-corrected chi connectivity index (χ1v) is 15.4. The number of anilines is 1. The first-order chi connectivity index (χ1) is 19.5. The van der Waals surface area contributed by atoms with Crippen molar-refractivity contribution in [1.29, 1.82) is 0 Å². The number of hydrogen-bond donors (Lipinski definition) is 0. The van der Waals surface area contributed by atoms with Gasteiger partial charge < -0.3 is 9.80 Å². The summed E-state index contributed by atoms with van der Waals surface area (Å²) in [7, 11) is 0. The number of benzene rings is 2. The number of rotatable bonds is 5. The zero-order valence-corrected chi connectivity index (χ0v) is 25.7. The van der Waals surface area contributed by atoms with Gasteiger partial charge in [-0.05, 0) is 38.1 Å². The second-order valence-electron chi connectivity index (χ2n) is 12.0. The summed E-state index contributed by atoms with van der Waals surface area (Å²) in [5.41, 5.74) is 4.65. The molecule has 2 aromatic carbocycles. The molecule has 0 N–H and O–H groups in total. The largest absolute Gasteiger partial charge is 0.339 e. The molecule has 3 aromatic rings. The first-order valence-electron chi connectivity index (χ1n) is 14.4. The van der Waals surface area contributed by atoms with E-state index in [2.05, 4.69) is 38.7 Å². The minimum absolute atomic E-state index is 0.0807. The van der Waals surface area contributed by atoms with E-state index in [1.807, 2.05) is 41.6 Å². The first kappa shape index (κ1) is 29.3. The van der Waals surface area contributed by atoms with Gasteiger partial charge in [-0.2, -0.15) is 5.10 Å². The maximum absolute atomic E-state index is 15.4. The second-order valence-corrected chi connectivity index (χ2v) is 13.1. The van der Waals surface area contributed by atoms with Crippen molar-refractivity contribution in [2.24, 2.45) is 0 Å². The highest BCUT2D eigenvalue weighted by atomic mass is 32.2. The number of halogens is 1. The maximum Gasteiger partial charge on any atom is 0.242 e. The highest BCUT2D eigenvalue weighted by Crippen LogP contribution is 2.49. The molecule has 2 amide bonds. The van der Waals surface area contributed by atoms with Gasteiger partial charge >= 0.3 is 0 Å². The molecule has 3 heterocycles. The number of nitrogens with zero attached hydrogens (tertiary/aromatic N) is 5. The third kappa shape index (κ3) is 5.79. The number of carbonyl (C=O) groups is 2. The Labute approximate surface area is 246 Å². The zero-order valence-electron chi connectivity index (χ0n) is 24.9. The van der Waals surface area contributed by atoms with E-state index in [0.29, 0.717) is 24.5 Å². The van der Waals surface area contributed by atoms with Gasteiger partial charge in [0, 0.05) is 42.7 Å². The molecule has 1 unspecified atom stereocenters. The molecule has 1 aromatic heterocycles. The number of amides is 2. The number of hydrogen-bond acceptors (Lipinski definition) is 5. The molecule has 218 valence electrons. The molecule has 2 aliphatic heterocycles. The molecule has 5 rings (SSSR count). The Morgan fingerprint density at radius 2 is 1.78 bits per heavy atom. The minimum Gasteiger partial charge on any atom is -0.339 e. The molecule has 0 saturated carbocycles. The molecule has 2 aliphatic rings. The summed E-state index contributed by atoms with van der Waals surface area (Å²) in [4.78, 5) is 33.4. The average Bonchev–Trinajstić information content (AvgIpc) is 3.27. The fourth-order valence-electron chi connectivity index (χ4n) is 5.77. The fraction of sp³-hybridized carbons (Fsp3) is 0.469. The van der Waals surface area contributed by atoms with Gasteiger partial charge in [0.2, 0.25) is 11.8 Å². The van der Waals surface area contributed by atoms with E-state index in [-0.39, 0.29) is 29.9 Å². The standard InChI is InChI=1S/C32H40FN5O2S/c1-7-35-14-16-36(17-15-35)26(39)19-37-27(40)20-41-29(23-10-8-9-11-24(23)33)28-30(32(4,5)6)34-38(31(28)37)25-13-12-21(2)18-22(25)3/h8-13,18,29H,7,14-17,19-20H2,1-6H3. The lowest BCUT2D eigenvalue weighted by Gasteiger charge is -2.35. The van der Waals surface area contributed by atoms with Crippen molar-refractivity contribution in [2.75, 3.05) is 49.9 Å². The Balaban J connectivity index is 1.70. The monoisotopic (exact) mass is 577 g/mol. The van der Waals surface area contributed by atoms with Crippen molar-refractivity contribution in [1.82, 2.24) is 19.6 Å². The fourth-order valence-corrected chi connectivity index (χ4v) is 6.99. The average molecular weight is 578 g/mol. The Bertz CT molecular complexity index is 1450. The summed E-state index contributed by atoms with van der Waals surface area (Å²) in [6.45, 7) is 16.2. The Morgan fingerprint density at radius 3 is 2.41 bits per heavy atom. The van der Waals surface area contributed by atoms with E-state index in [4.69, 9.17) is 5.10 Å². The highest BCUT2D eigenvalue weighted by Gasteiger charge is 2.41. The normalized spacial score (nSPS) is 18.4. The maximum atomic E-state index is 15.4. The van der Waals surface area contributed by atoms with Gasteiger partial charge in [-0.25, -0.2) is 9.07 Å². The lowest BCUT2D eigenvalue weighted by Crippen LogP contribution is -2.52. The molecular formula is C32H40FN5O2S. The van der Waals surface area contributed by atoms with Gasteiger partial charge in [0.15, 0.2) is 0 Å². The van der Waals surface area contributed by atoms with E-state index >= 15 is 4.39 Å². The van der Waals surface area contributed by atoms with Gasteiger partial charge in [-0.15, -0.1) is 11.8 Å². The quantitative estimate of drug-likeness (QED) is 0.414. The van der Waals surface area contributed by atoms with E-state index in [9.17, 15) is 9.59 Å². The number of piperazine rings is 1. The molecule has 1 atom stereocenters. The molecular weight excluding hydrogens is 537 g/mol. The van der Waals surface area contributed by atoms with Crippen LogP contribution in [0.1, 0.15) is 60.9 Å². The summed E-state index contributed by atoms with van der Waals surface area (Å²) < 4.78 is 17.2. The SMILES string of the molecule is CCN1CCN(C(=O)CN2C(=O)CSC(c3ccccc3F)c3c(C(C)(C)C)nn(-c4ccc(C)cc4C)c32)CC1. The van der Waals surface area contributed by atoms with Crippen LogP contribution in [-0.4, -0.2) is 76.4 Å². The van der Waals surface area contributed by atoms with Crippen molar-refractivity contribution >= 4 is 29.4 Å². The molecule has 0 radical (unpaired) electrons. The minimum atomic E-state index is -0.461. The van der Waals surface area contributed by atoms with Gasteiger partial charge in [-0.1, -0.05) is 63.6 Å². The molecule has 41 heavy (non-hydrogen) atoms. The van der Waals surface area contributed by atoms with Crippen molar-refractivity contribution in [3.05, 3.63) is 76.2 Å². The summed E-state index contributed by atoms with van der Waals surface area (Å²) in [6, 6.07) is 12.9. The number of thioether (sulfide) groups is 1. The third-order valence-corrected chi connectivity index (χ3v) is 9.27. The predicted molar refractivity (Wildman–Crippen MR) is 163 cm³/mol. The molecule has 7 nitrogen and oxygen atoms in total. The van der Waals surface area contributed by atoms with Crippen LogP contribution in [-0.2, 0) is 15.0 Å². The van der Waals surface area contributed by atoms with Crippen LogP contribution in [0.15, 0.2) is 42.5 Å². The highest BCUT2D eigenvalue weighted by molar-refractivity contribution is 8.00. The smallest absolute Gasteiger partial charge is 0.242 e. The van der Waals surface area contributed by atoms with E-state index in [1.165, 1.54) is 17.8 Å². The lowest BCUT2D eigenvalue weighted by atomic mass is 9.87. The summed E-state index contributed by atoms with van der Waals surface area (Å²) in [5, 5.41) is 4.69. The van der Waals surface area contributed by atoms with Crippen LogP contribution in [0.5, 0.6) is 0 Å². The van der Waals surface area contributed by atoms with Crippen LogP contribution in [0, 0.1) is 19.7 Å². The third-order valence-electron chi connectivity index (χ3n) is 8.03. The molecule has 0 spiro atoms. The predicted octanol–water partition coefficient (Wildman–Crippen LogP) is 5.26. The summed E-state index contributed by atoms with van der Waals surface area (Å²) in [6.07, 6.45) is 0. The van der Waals surface area contributed by atoms with Crippen molar-refractivity contribution in [3.63, 3.8) is 0 Å². The molecule has 0 aliphatic carbocycles.